The van der Waals surface area contributed by atoms with Crippen LogP contribution in [0.15, 0.2) is 30.5 Å². The van der Waals surface area contributed by atoms with Gasteiger partial charge in [0.05, 0.1) is 24.9 Å². The molecule has 3 heterocycles. The summed E-state index contributed by atoms with van der Waals surface area (Å²) in [5.74, 6) is 0. The highest BCUT2D eigenvalue weighted by molar-refractivity contribution is 5.89. The monoisotopic (exact) mass is 356 g/mol. The van der Waals surface area contributed by atoms with Crippen LogP contribution >= 0.6 is 0 Å². The van der Waals surface area contributed by atoms with Crippen LogP contribution in [-0.4, -0.2) is 58.1 Å². The van der Waals surface area contributed by atoms with Gasteiger partial charge in [-0.3, -0.25) is 4.90 Å². The lowest BCUT2D eigenvalue weighted by Gasteiger charge is -2.51. The number of benzene rings is 1. The van der Waals surface area contributed by atoms with Crippen LogP contribution in [0, 0.1) is 0 Å². The second-order valence-corrected chi connectivity index (χ2v) is 7.66. The number of morpholine rings is 1. The third-order valence-corrected chi connectivity index (χ3v) is 5.79. The van der Waals surface area contributed by atoms with E-state index >= 15 is 0 Å². The highest BCUT2D eigenvalue weighted by atomic mass is 16.5. The molecule has 1 aromatic heterocycles. The maximum atomic E-state index is 12.8. The predicted molar refractivity (Wildman–Crippen MR) is 101 cm³/mol. The van der Waals surface area contributed by atoms with Gasteiger partial charge in [0, 0.05) is 29.6 Å². The van der Waals surface area contributed by atoms with Gasteiger partial charge in [0.25, 0.3) is 0 Å². The zero-order valence-electron chi connectivity index (χ0n) is 15.6. The zero-order valence-corrected chi connectivity index (χ0v) is 15.6. The molecule has 3 atom stereocenters. The van der Waals surface area contributed by atoms with E-state index in [1.54, 1.807) is 6.20 Å². The van der Waals surface area contributed by atoms with Gasteiger partial charge >= 0.3 is 6.03 Å². The number of carbonyl (C=O) groups is 1. The normalized spacial score (nSPS) is 27.4. The van der Waals surface area contributed by atoms with Crippen LogP contribution in [0.5, 0.6) is 0 Å². The summed E-state index contributed by atoms with van der Waals surface area (Å²) in [6.07, 6.45) is 6.03. The average molecular weight is 356 g/mol. The molecule has 2 aromatic rings. The van der Waals surface area contributed by atoms with Crippen molar-refractivity contribution in [1.82, 2.24) is 20.0 Å². The van der Waals surface area contributed by atoms with Crippen molar-refractivity contribution in [3.8, 4) is 0 Å². The minimum atomic E-state index is -0.134. The summed E-state index contributed by atoms with van der Waals surface area (Å²) in [7, 11) is 0. The molecule has 0 radical (unpaired) electrons. The first kappa shape index (κ1) is 17.5. The molecule has 1 aromatic carbocycles. The fourth-order valence-electron chi connectivity index (χ4n) is 4.72. The minimum Gasteiger partial charge on any atom is -0.378 e. The summed E-state index contributed by atoms with van der Waals surface area (Å²) in [5, 5.41) is 8.47. The number of piperidine rings is 1. The molecule has 0 aliphatic carbocycles. The molecule has 6 heteroatoms. The second kappa shape index (κ2) is 7.37. The molecule has 0 saturated carbocycles. The number of fused-ring (bicyclic) bond motifs is 3. The molecule has 2 aliphatic rings. The van der Waals surface area contributed by atoms with Crippen LogP contribution in [0.2, 0.25) is 0 Å². The molecule has 26 heavy (non-hydrogen) atoms. The largest absolute Gasteiger partial charge is 0.378 e. The molecule has 2 bridgehead atoms. The first-order valence-electron chi connectivity index (χ1n) is 9.76. The van der Waals surface area contributed by atoms with Gasteiger partial charge in [-0.1, -0.05) is 31.5 Å². The van der Waals surface area contributed by atoms with Crippen LogP contribution in [-0.2, 0) is 4.74 Å². The summed E-state index contributed by atoms with van der Waals surface area (Å²) in [6.45, 7) is 6.09. The Labute approximate surface area is 154 Å². The lowest BCUT2D eigenvalue weighted by molar-refractivity contribution is -0.0976. The van der Waals surface area contributed by atoms with Gasteiger partial charge in [-0.05, 0) is 32.3 Å². The molecule has 1 N–H and O–H groups in total. The lowest BCUT2D eigenvalue weighted by atomic mass is 9.88. The van der Waals surface area contributed by atoms with Gasteiger partial charge in [-0.15, -0.1) is 0 Å². The van der Waals surface area contributed by atoms with E-state index in [9.17, 15) is 4.79 Å². The van der Waals surface area contributed by atoms with Crippen molar-refractivity contribution < 1.29 is 9.53 Å². The highest BCUT2D eigenvalue weighted by Crippen LogP contribution is 2.31. The number of nitrogens with one attached hydrogen (secondary N) is 1. The Bertz CT molecular complexity index is 760. The van der Waals surface area contributed by atoms with E-state index in [4.69, 9.17) is 4.74 Å². The van der Waals surface area contributed by atoms with Crippen molar-refractivity contribution in [2.24, 2.45) is 0 Å². The Morgan fingerprint density at radius 1 is 1.31 bits per heavy atom. The van der Waals surface area contributed by atoms with Crippen LogP contribution in [0.4, 0.5) is 4.79 Å². The lowest BCUT2D eigenvalue weighted by Crippen LogP contribution is -2.63. The Balaban J connectivity index is 1.46. The second-order valence-electron chi connectivity index (χ2n) is 7.66. The van der Waals surface area contributed by atoms with Crippen molar-refractivity contribution in [3.63, 3.8) is 0 Å². The van der Waals surface area contributed by atoms with Gasteiger partial charge in [0.1, 0.15) is 0 Å². The molecule has 3 unspecified atom stereocenters. The Kier molecular flexibility index (Phi) is 4.96. The molecule has 1 amide bonds. The predicted octanol–water partition coefficient (Wildman–Crippen LogP) is 3.01. The molecular formula is C20H28N4O2. The van der Waals surface area contributed by atoms with Gasteiger partial charge in [0.15, 0.2) is 0 Å². The SMILES string of the molecule is CCCC(C)N1C2COCC1CC(NC(=O)n1ncc3ccccc31)C2. The third-order valence-electron chi connectivity index (χ3n) is 5.79. The van der Waals surface area contributed by atoms with E-state index in [2.05, 4.69) is 29.2 Å². The Morgan fingerprint density at radius 2 is 2.04 bits per heavy atom. The molecule has 140 valence electrons. The third kappa shape index (κ3) is 3.23. The summed E-state index contributed by atoms with van der Waals surface area (Å²) < 4.78 is 7.29. The standard InChI is InChI=1S/C20H28N4O2/c1-3-6-14(2)23-17-9-16(10-18(23)13-26-12-17)22-20(25)24-19-8-5-4-7-15(19)11-21-24/h4-5,7-8,11,14,16-18H,3,6,9-10,12-13H2,1-2H3,(H,22,25). The molecule has 0 spiro atoms. The van der Waals surface area contributed by atoms with E-state index in [1.807, 2.05) is 24.3 Å². The van der Waals surface area contributed by atoms with Crippen LogP contribution in [0.25, 0.3) is 10.9 Å². The van der Waals surface area contributed by atoms with Crippen LogP contribution in [0.3, 0.4) is 0 Å². The number of ether oxygens (including phenoxy) is 1. The number of hydrogen-bond acceptors (Lipinski definition) is 4. The topological polar surface area (TPSA) is 59.4 Å². The van der Waals surface area contributed by atoms with E-state index in [0.29, 0.717) is 18.1 Å². The summed E-state index contributed by atoms with van der Waals surface area (Å²) in [6, 6.07) is 9.20. The van der Waals surface area contributed by atoms with Gasteiger partial charge < -0.3 is 10.1 Å². The van der Waals surface area contributed by atoms with Crippen molar-refractivity contribution in [3.05, 3.63) is 30.5 Å². The Hall–Kier alpha value is -1.92. The molecule has 2 saturated heterocycles. The summed E-state index contributed by atoms with van der Waals surface area (Å²) in [4.78, 5) is 15.4. The number of aromatic nitrogens is 2. The van der Waals surface area contributed by atoms with E-state index in [-0.39, 0.29) is 12.1 Å². The number of para-hydroxylation sites is 1. The average Bonchev–Trinajstić information content (AvgIpc) is 3.05. The molecule has 4 rings (SSSR count). The number of hydrogen-bond donors (Lipinski definition) is 1. The Morgan fingerprint density at radius 3 is 2.77 bits per heavy atom. The zero-order chi connectivity index (χ0) is 18.1. The molecular weight excluding hydrogens is 328 g/mol. The van der Waals surface area contributed by atoms with E-state index in [1.165, 1.54) is 17.5 Å². The minimum absolute atomic E-state index is 0.134. The summed E-state index contributed by atoms with van der Waals surface area (Å²) >= 11 is 0. The van der Waals surface area contributed by atoms with Crippen molar-refractivity contribution in [2.75, 3.05) is 13.2 Å². The van der Waals surface area contributed by atoms with Crippen molar-refractivity contribution >= 4 is 16.9 Å². The van der Waals surface area contributed by atoms with Crippen molar-refractivity contribution in [1.29, 1.82) is 0 Å². The van der Waals surface area contributed by atoms with Gasteiger partial charge in [0.2, 0.25) is 0 Å². The quantitative estimate of drug-likeness (QED) is 0.915. The summed E-state index contributed by atoms with van der Waals surface area (Å²) in [5.41, 5.74) is 0.850. The number of nitrogens with zero attached hydrogens (tertiary/aromatic N) is 3. The highest BCUT2D eigenvalue weighted by Gasteiger charge is 2.41. The molecule has 2 aliphatic heterocycles. The fourth-order valence-corrected chi connectivity index (χ4v) is 4.72. The van der Waals surface area contributed by atoms with Crippen LogP contribution in [0.1, 0.15) is 39.5 Å². The van der Waals surface area contributed by atoms with E-state index < -0.39 is 0 Å². The van der Waals surface area contributed by atoms with Crippen molar-refractivity contribution in [2.45, 2.75) is 63.7 Å². The number of amides is 1. The molecule has 2 fully saturated rings. The fraction of sp³-hybridized carbons (Fsp3) is 0.600. The first-order chi connectivity index (χ1) is 12.7. The van der Waals surface area contributed by atoms with Gasteiger partial charge in [-0.25, -0.2) is 4.79 Å². The first-order valence-corrected chi connectivity index (χ1v) is 9.76. The number of carbonyl (C=O) groups excluding carboxylic acids is 1. The smallest absolute Gasteiger partial charge is 0.342 e. The maximum absolute atomic E-state index is 12.8. The molecule has 6 nitrogen and oxygen atoms in total. The van der Waals surface area contributed by atoms with Crippen LogP contribution < -0.4 is 5.32 Å². The number of rotatable bonds is 4. The van der Waals surface area contributed by atoms with Gasteiger partial charge in [-0.2, -0.15) is 9.78 Å². The maximum Gasteiger partial charge on any atom is 0.342 e. The van der Waals surface area contributed by atoms with E-state index in [0.717, 1.165) is 37.0 Å².